The van der Waals surface area contributed by atoms with Gasteiger partial charge < -0.3 is 39.2 Å². The number of hydrogen-bond donors (Lipinski definition) is 3. The van der Waals surface area contributed by atoms with E-state index in [-0.39, 0.29) is 61.5 Å². The molecule has 5 rings (SSSR count). The fourth-order valence-electron chi connectivity index (χ4n) is 6.14. The first-order valence-corrected chi connectivity index (χ1v) is 16.5. The number of carbonyl (C=O) groups excluding carboxylic acids is 3. The third-order valence-electron chi connectivity index (χ3n) is 8.61. The summed E-state index contributed by atoms with van der Waals surface area (Å²) < 4.78 is 17.7. The zero-order valence-electron chi connectivity index (χ0n) is 28.8. The molecule has 0 saturated heterocycles. The van der Waals surface area contributed by atoms with E-state index >= 15 is 0 Å². The van der Waals surface area contributed by atoms with Crippen molar-refractivity contribution in [2.24, 2.45) is 0 Å². The number of hydrogen-bond acceptors (Lipinski definition) is 10. The van der Waals surface area contributed by atoms with Crippen LogP contribution in [0.2, 0.25) is 0 Å². The summed E-state index contributed by atoms with van der Waals surface area (Å²) in [6.45, 7) is 8.97. The SMILES string of the molecule is CCC(=O)Nc1ccc(COC(=O)N(CCc2c3c(nc4ccccc24)-c2cc(C(C)O)c(COC=O)c(=O)n2C3)C(C)C)cc1OC(C)O. The van der Waals surface area contributed by atoms with Crippen LogP contribution in [0.3, 0.4) is 0 Å². The Bertz CT molecular complexity index is 1970. The summed E-state index contributed by atoms with van der Waals surface area (Å²) >= 11 is 0. The highest BCUT2D eigenvalue weighted by Gasteiger charge is 2.30. The Morgan fingerprint density at radius 2 is 1.82 bits per heavy atom. The average Bonchev–Trinajstić information content (AvgIpc) is 3.45. The number of anilines is 1. The van der Waals surface area contributed by atoms with Crippen molar-refractivity contribution in [1.82, 2.24) is 14.5 Å². The number of amides is 2. The van der Waals surface area contributed by atoms with Crippen molar-refractivity contribution in [1.29, 1.82) is 0 Å². The van der Waals surface area contributed by atoms with E-state index < -0.39 is 18.5 Å². The van der Waals surface area contributed by atoms with Gasteiger partial charge in [0.05, 0.1) is 40.8 Å². The van der Waals surface area contributed by atoms with E-state index in [1.807, 2.05) is 38.1 Å². The molecule has 4 aromatic rings. The third-order valence-corrected chi connectivity index (χ3v) is 8.61. The van der Waals surface area contributed by atoms with E-state index in [1.54, 1.807) is 47.6 Å². The molecule has 13 nitrogen and oxygen atoms in total. The molecule has 2 amide bonds. The molecule has 3 N–H and O–H groups in total. The maximum Gasteiger partial charge on any atom is 0.410 e. The Balaban J connectivity index is 1.41. The van der Waals surface area contributed by atoms with Crippen molar-refractivity contribution in [2.75, 3.05) is 11.9 Å². The number of carbonyl (C=O) groups is 3. The van der Waals surface area contributed by atoms with Crippen molar-refractivity contribution in [3.05, 3.63) is 86.7 Å². The number of ether oxygens (including phenoxy) is 3. The van der Waals surface area contributed by atoms with Gasteiger partial charge >= 0.3 is 6.09 Å². The summed E-state index contributed by atoms with van der Waals surface area (Å²) in [6, 6.07) is 14.1. The molecule has 0 fully saturated rings. The minimum absolute atomic E-state index is 0.0756. The van der Waals surface area contributed by atoms with Crippen molar-refractivity contribution in [3.63, 3.8) is 0 Å². The van der Waals surface area contributed by atoms with Gasteiger partial charge in [-0.15, -0.1) is 0 Å². The molecule has 2 aromatic carbocycles. The van der Waals surface area contributed by atoms with Crippen LogP contribution in [-0.2, 0) is 45.2 Å². The van der Waals surface area contributed by atoms with E-state index in [0.29, 0.717) is 41.2 Å². The number of aliphatic hydroxyl groups excluding tert-OH is 2. The molecule has 0 aliphatic carbocycles. The predicted octanol–water partition coefficient (Wildman–Crippen LogP) is 4.81. The lowest BCUT2D eigenvalue weighted by atomic mass is 9.97. The molecule has 0 saturated carbocycles. The number of para-hydroxylation sites is 1. The number of benzene rings is 2. The molecule has 2 aromatic heterocycles. The standard InChI is InChI=1S/C37H42N4O9/c1-6-34(45)38-31-12-11-24(15-33(31)50-23(5)44)18-49-37(47)40(21(2)3)14-13-25-26-9-7-8-10-30(26)39-35-28(25)17-41-32(35)16-27(22(4)43)29(36(41)46)19-48-20-42/h7-12,15-16,20-23,43-44H,6,13-14,17-19H2,1-5H3,(H,38,45). The van der Waals surface area contributed by atoms with Gasteiger partial charge in [-0.2, -0.15) is 0 Å². The second kappa shape index (κ2) is 15.5. The number of aromatic nitrogens is 2. The molecule has 0 spiro atoms. The van der Waals surface area contributed by atoms with Gasteiger partial charge in [0.1, 0.15) is 19.0 Å². The maximum absolute atomic E-state index is 13.7. The Kier molecular flexibility index (Phi) is 11.2. The van der Waals surface area contributed by atoms with Crippen LogP contribution in [0, 0.1) is 0 Å². The first kappa shape index (κ1) is 36.0. The minimum Gasteiger partial charge on any atom is -0.463 e. The molecule has 0 bridgehead atoms. The Morgan fingerprint density at radius 1 is 1.06 bits per heavy atom. The van der Waals surface area contributed by atoms with Gasteiger partial charge in [-0.25, -0.2) is 9.78 Å². The predicted molar refractivity (Wildman–Crippen MR) is 185 cm³/mol. The second-order valence-electron chi connectivity index (χ2n) is 12.4. The van der Waals surface area contributed by atoms with Gasteiger partial charge in [0.25, 0.3) is 12.0 Å². The van der Waals surface area contributed by atoms with Gasteiger partial charge in [0.15, 0.2) is 6.29 Å². The average molecular weight is 687 g/mol. The first-order valence-electron chi connectivity index (χ1n) is 16.5. The van der Waals surface area contributed by atoms with Gasteiger partial charge in [-0.05, 0) is 75.1 Å². The summed E-state index contributed by atoms with van der Waals surface area (Å²) in [6.07, 6.45) is -1.94. The summed E-state index contributed by atoms with van der Waals surface area (Å²) in [5.74, 6) is 0.0350. The largest absolute Gasteiger partial charge is 0.463 e. The number of pyridine rings is 2. The number of aliphatic hydroxyl groups is 2. The fraction of sp³-hybridized carbons (Fsp3) is 0.378. The Morgan fingerprint density at radius 3 is 2.50 bits per heavy atom. The van der Waals surface area contributed by atoms with E-state index in [1.165, 1.54) is 6.92 Å². The maximum atomic E-state index is 13.7. The van der Waals surface area contributed by atoms with Crippen LogP contribution in [0.25, 0.3) is 22.3 Å². The molecule has 0 radical (unpaired) electrons. The lowest BCUT2D eigenvalue weighted by Crippen LogP contribution is -2.39. The molecular formula is C37H42N4O9. The van der Waals surface area contributed by atoms with E-state index in [0.717, 1.165) is 22.0 Å². The third kappa shape index (κ3) is 7.63. The molecule has 1 aliphatic heterocycles. The van der Waals surface area contributed by atoms with E-state index in [9.17, 15) is 29.4 Å². The minimum atomic E-state index is -1.13. The van der Waals surface area contributed by atoms with Crippen molar-refractivity contribution in [3.8, 4) is 17.1 Å². The lowest BCUT2D eigenvalue weighted by Gasteiger charge is -2.27. The highest BCUT2D eigenvalue weighted by atomic mass is 16.6. The van der Waals surface area contributed by atoms with Crippen molar-refractivity contribution >= 4 is 35.1 Å². The first-order chi connectivity index (χ1) is 23.9. The van der Waals surface area contributed by atoms with Crippen molar-refractivity contribution in [2.45, 2.75) is 85.7 Å². The number of fused-ring (bicyclic) bond motifs is 4. The summed E-state index contributed by atoms with van der Waals surface area (Å²) in [4.78, 5) is 56.6. The van der Waals surface area contributed by atoms with Crippen LogP contribution < -0.4 is 15.6 Å². The Hall–Kier alpha value is -5.27. The molecule has 3 heterocycles. The van der Waals surface area contributed by atoms with Crippen LogP contribution in [0.4, 0.5) is 10.5 Å². The smallest absolute Gasteiger partial charge is 0.410 e. The lowest BCUT2D eigenvalue weighted by molar-refractivity contribution is -0.129. The highest BCUT2D eigenvalue weighted by Crippen LogP contribution is 2.37. The van der Waals surface area contributed by atoms with E-state index in [2.05, 4.69) is 5.32 Å². The second-order valence-corrected chi connectivity index (χ2v) is 12.4. The van der Waals surface area contributed by atoms with Crippen LogP contribution in [0.1, 0.15) is 75.0 Å². The van der Waals surface area contributed by atoms with Crippen LogP contribution in [0.15, 0.2) is 53.3 Å². The quantitative estimate of drug-likeness (QED) is 0.109. The zero-order valence-corrected chi connectivity index (χ0v) is 28.8. The molecule has 1 aliphatic rings. The van der Waals surface area contributed by atoms with Gasteiger partial charge in [0, 0.05) is 30.0 Å². The number of nitrogens with zero attached hydrogens (tertiary/aromatic N) is 3. The summed E-state index contributed by atoms with van der Waals surface area (Å²) in [5, 5.41) is 23.9. The Labute approximate surface area is 289 Å². The van der Waals surface area contributed by atoms with Crippen LogP contribution in [0.5, 0.6) is 5.75 Å². The molecule has 50 heavy (non-hydrogen) atoms. The number of rotatable bonds is 14. The highest BCUT2D eigenvalue weighted by molar-refractivity contribution is 5.92. The topological polar surface area (TPSA) is 170 Å². The van der Waals surface area contributed by atoms with Crippen molar-refractivity contribution < 1.29 is 38.8 Å². The summed E-state index contributed by atoms with van der Waals surface area (Å²) in [5.41, 5.74) is 4.86. The molecule has 2 atom stereocenters. The molecule has 13 heteroatoms. The molecular weight excluding hydrogens is 644 g/mol. The van der Waals surface area contributed by atoms with Gasteiger partial charge in [-0.3, -0.25) is 14.4 Å². The zero-order chi connectivity index (χ0) is 36.1. The summed E-state index contributed by atoms with van der Waals surface area (Å²) in [7, 11) is 0. The van der Waals surface area contributed by atoms with Gasteiger partial charge in [-0.1, -0.05) is 31.2 Å². The normalized spacial score (nSPS) is 13.0. The van der Waals surface area contributed by atoms with Gasteiger partial charge in [0.2, 0.25) is 5.91 Å². The molecule has 2 unspecified atom stereocenters. The monoisotopic (exact) mass is 686 g/mol. The van der Waals surface area contributed by atoms with E-state index in [4.69, 9.17) is 19.2 Å². The fourth-order valence-corrected chi connectivity index (χ4v) is 6.14. The molecule has 264 valence electrons. The number of nitrogens with one attached hydrogen (secondary N) is 1. The van der Waals surface area contributed by atoms with Crippen LogP contribution >= 0.6 is 0 Å². The van der Waals surface area contributed by atoms with Crippen LogP contribution in [-0.4, -0.2) is 62.0 Å².